The van der Waals surface area contributed by atoms with Crippen molar-refractivity contribution in [3.63, 3.8) is 0 Å². The van der Waals surface area contributed by atoms with Gasteiger partial charge in [0.2, 0.25) is 0 Å². The molecule has 2 aromatic carbocycles. The molecule has 0 amide bonds. The molecule has 0 atom stereocenters. The van der Waals surface area contributed by atoms with Crippen molar-refractivity contribution in [2.75, 3.05) is 0 Å². The quantitative estimate of drug-likeness (QED) is 0.364. The van der Waals surface area contributed by atoms with Gasteiger partial charge >= 0.3 is 0 Å². The Morgan fingerprint density at radius 1 is 1.33 bits per heavy atom. The zero-order valence-corrected chi connectivity index (χ0v) is 11.3. The highest BCUT2D eigenvalue weighted by atomic mass is 35.5. The number of nitro benzene ring substituents is 1. The maximum atomic E-state index is 13.2. The van der Waals surface area contributed by atoms with Gasteiger partial charge in [0.05, 0.1) is 16.6 Å². The lowest BCUT2D eigenvalue weighted by molar-refractivity contribution is -0.384. The first-order chi connectivity index (χ1) is 10.0. The van der Waals surface area contributed by atoms with Crippen LogP contribution in [0.2, 0.25) is 5.02 Å². The van der Waals surface area contributed by atoms with Crippen molar-refractivity contribution in [3.8, 4) is 6.07 Å². The largest absolute Gasteiger partial charge is 0.288 e. The standard InChI is InChI=1S/C15H8ClFN2O2/c16-14-5-4-10(7-15(14)19(20)21)6-12(9-18)11-2-1-3-13(17)8-11/h1-8H/b12-6-. The molecule has 0 aliphatic heterocycles. The van der Waals surface area contributed by atoms with Gasteiger partial charge in [0.15, 0.2) is 0 Å². The lowest BCUT2D eigenvalue weighted by Gasteiger charge is -2.01. The van der Waals surface area contributed by atoms with E-state index in [1.54, 1.807) is 12.1 Å². The monoisotopic (exact) mass is 302 g/mol. The first-order valence-corrected chi connectivity index (χ1v) is 6.21. The van der Waals surface area contributed by atoms with E-state index < -0.39 is 10.7 Å². The lowest BCUT2D eigenvalue weighted by Crippen LogP contribution is -1.90. The van der Waals surface area contributed by atoms with Crippen molar-refractivity contribution in [1.82, 2.24) is 0 Å². The molecule has 0 aliphatic carbocycles. The van der Waals surface area contributed by atoms with E-state index in [4.69, 9.17) is 16.9 Å². The zero-order valence-electron chi connectivity index (χ0n) is 10.6. The average molecular weight is 303 g/mol. The minimum atomic E-state index is -0.603. The molecule has 0 fully saturated rings. The third kappa shape index (κ3) is 3.44. The Balaban J connectivity index is 2.48. The molecule has 0 aliphatic rings. The van der Waals surface area contributed by atoms with Crippen LogP contribution in [-0.4, -0.2) is 4.92 Å². The van der Waals surface area contributed by atoms with Crippen LogP contribution in [0.25, 0.3) is 11.6 Å². The average Bonchev–Trinajstić information content (AvgIpc) is 2.46. The van der Waals surface area contributed by atoms with Crippen LogP contribution in [0.5, 0.6) is 0 Å². The van der Waals surface area contributed by atoms with E-state index >= 15 is 0 Å². The van der Waals surface area contributed by atoms with Crippen molar-refractivity contribution in [2.24, 2.45) is 0 Å². The van der Waals surface area contributed by atoms with Gasteiger partial charge in [-0.25, -0.2) is 4.39 Å². The van der Waals surface area contributed by atoms with E-state index in [0.29, 0.717) is 11.1 Å². The van der Waals surface area contributed by atoms with Crippen LogP contribution >= 0.6 is 11.6 Å². The maximum Gasteiger partial charge on any atom is 0.288 e. The topological polar surface area (TPSA) is 66.9 Å². The van der Waals surface area contributed by atoms with Gasteiger partial charge in [-0.2, -0.15) is 5.26 Å². The van der Waals surface area contributed by atoms with Gasteiger partial charge < -0.3 is 0 Å². The van der Waals surface area contributed by atoms with E-state index in [0.717, 1.165) is 0 Å². The van der Waals surface area contributed by atoms with Gasteiger partial charge in [-0.1, -0.05) is 29.8 Å². The number of rotatable bonds is 3. The molecule has 0 aromatic heterocycles. The second kappa shape index (κ2) is 6.16. The summed E-state index contributed by atoms with van der Waals surface area (Å²) in [7, 11) is 0. The molecule has 104 valence electrons. The number of halogens is 2. The van der Waals surface area contributed by atoms with Crippen LogP contribution < -0.4 is 0 Å². The summed E-state index contributed by atoms with van der Waals surface area (Å²) in [6.45, 7) is 0. The Kier molecular flexibility index (Phi) is 4.31. The summed E-state index contributed by atoms with van der Waals surface area (Å²) in [4.78, 5) is 10.2. The summed E-state index contributed by atoms with van der Waals surface area (Å²) >= 11 is 5.72. The minimum Gasteiger partial charge on any atom is -0.258 e. The summed E-state index contributed by atoms with van der Waals surface area (Å²) in [5.74, 6) is -0.462. The molecule has 0 unspecified atom stereocenters. The van der Waals surface area contributed by atoms with Gasteiger partial charge in [-0.15, -0.1) is 0 Å². The predicted octanol–water partition coefficient (Wildman–Crippen LogP) is 4.45. The van der Waals surface area contributed by atoms with Crippen molar-refractivity contribution in [3.05, 3.63) is 74.5 Å². The molecule has 4 nitrogen and oxygen atoms in total. The molecule has 6 heteroatoms. The van der Waals surface area contributed by atoms with Gasteiger partial charge in [-0.3, -0.25) is 10.1 Å². The number of benzene rings is 2. The van der Waals surface area contributed by atoms with Crippen LogP contribution in [0, 0.1) is 27.3 Å². The summed E-state index contributed by atoms with van der Waals surface area (Å²) in [6, 6.07) is 11.7. The SMILES string of the molecule is N#C/C(=C/c1ccc(Cl)c([N+](=O)[O-])c1)c1cccc(F)c1. The highest BCUT2D eigenvalue weighted by molar-refractivity contribution is 6.32. The van der Waals surface area contributed by atoms with E-state index in [-0.39, 0.29) is 16.3 Å². The number of nitrogens with zero attached hydrogens (tertiary/aromatic N) is 2. The van der Waals surface area contributed by atoms with Crippen LogP contribution in [0.3, 0.4) is 0 Å². The fourth-order valence-electron chi connectivity index (χ4n) is 1.76. The van der Waals surface area contributed by atoms with Crippen LogP contribution in [0.4, 0.5) is 10.1 Å². The summed E-state index contributed by atoms with van der Waals surface area (Å²) < 4.78 is 13.2. The van der Waals surface area contributed by atoms with Gasteiger partial charge in [0.1, 0.15) is 10.8 Å². The van der Waals surface area contributed by atoms with Gasteiger partial charge in [0.25, 0.3) is 5.69 Å². The third-order valence-electron chi connectivity index (χ3n) is 2.73. The second-order valence-corrected chi connectivity index (χ2v) is 4.56. The van der Waals surface area contributed by atoms with E-state index in [1.165, 1.54) is 36.4 Å². The Hall–Kier alpha value is -2.71. The first-order valence-electron chi connectivity index (χ1n) is 5.83. The van der Waals surface area contributed by atoms with Crippen LogP contribution in [0.15, 0.2) is 42.5 Å². The predicted molar refractivity (Wildman–Crippen MR) is 78.0 cm³/mol. The minimum absolute atomic E-state index is 0.0152. The Bertz CT molecular complexity index is 781. The molecule has 2 aromatic rings. The highest BCUT2D eigenvalue weighted by Gasteiger charge is 2.12. The molecular weight excluding hydrogens is 295 g/mol. The third-order valence-corrected chi connectivity index (χ3v) is 3.05. The van der Waals surface area contributed by atoms with Crippen molar-refractivity contribution >= 4 is 28.9 Å². The summed E-state index contributed by atoms with van der Waals surface area (Å²) in [5, 5.41) is 20.0. The summed E-state index contributed by atoms with van der Waals surface area (Å²) in [6.07, 6.45) is 1.44. The smallest absolute Gasteiger partial charge is 0.258 e. The van der Waals surface area contributed by atoms with Crippen LogP contribution in [0.1, 0.15) is 11.1 Å². The van der Waals surface area contributed by atoms with Crippen molar-refractivity contribution in [2.45, 2.75) is 0 Å². The molecule has 2 rings (SSSR count). The Morgan fingerprint density at radius 2 is 2.10 bits per heavy atom. The fraction of sp³-hybridized carbons (Fsp3) is 0. The molecule has 0 radical (unpaired) electrons. The van der Waals surface area contributed by atoms with E-state index in [9.17, 15) is 14.5 Å². The number of nitro groups is 1. The normalized spacial score (nSPS) is 11.0. The molecule has 0 heterocycles. The molecule has 21 heavy (non-hydrogen) atoms. The van der Waals surface area contributed by atoms with Gasteiger partial charge in [0, 0.05) is 6.07 Å². The maximum absolute atomic E-state index is 13.2. The molecule has 0 spiro atoms. The zero-order chi connectivity index (χ0) is 15.4. The molecule has 0 saturated heterocycles. The molecule has 0 saturated carbocycles. The van der Waals surface area contributed by atoms with Crippen molar-refractivity contribution < 1.29 is 9.31 Å². The fourth-order valence-corrected chi connectivity index (χ4v) is 1.95. The second-order valence-electron chi connectivity index (χ2n) is 4.15. The number of hydrogen-bond acceptors (Lipinski definition) is 3. The van der Waals surface area contributed by atoms with Crippen LogP contribution in [-0.2, 0) is 0 Å². The Morgan fingerprint density at radius 3 is 2.71 bits per heavy atom. The highest BCUT2D eigenvalue weighted by Crippen LogP contribution is 2.27. The molecule has 0 N–H and O–H groups in total. The Labute approximate surface area is 124 Å². The summed E-state index contributed by atoms with van der Waals surface area (Å²) in [5.41, 5.74) is 0.787. The number of hydrogen-bond donors (Lipinski definition) is 0. The first kappa shape index (κ1) is 14.7. The van der Waals surface area contributed by atoms with E-state index in [2.05, 4.69) is 0 Å². The number of allylic oxidation sites excluding steroid dienone is 1. The molecule has 0 bridgehead atoms. The van der Waals surface area contributed by atoms with Gasteiger partial charge in [-0.05, 0) is 35.4 Å². The number of nitriles is 1. The molecular formula is C15H8ClFN2O2. The van der Waals surface area contributed by atoms with Crippen molar-refractivity contribution in [1.29, 1.82) is 5.26 Å². The lowest BCUT2D eigenvalue weighted by atomic mass is 10.0. The van der Waals surface area contributed by atoms with E-state index in [1.807, 2.05) is 6.07 Å².